The maximum Gasteiger partial charge on any atom is 0.224 e. The second-order valence-corrected chi connectivity index (χ2v) is 9.04. The molecule has 28 heavy (non-hydrogen) atoms. The van der Waals surface area contributed by atoms with Crippen LogP contribution in [-0.4, -0.2) is 27.4 Å². The molecule has 5 nitrogen and oxygen atoms in total. The van der Waals surface area contributed by atoms with Crippen LogP contribution in [0.2, 0.25) is 0 Å². The highest BCUT2D eigenvalue weighted by Gasteiger charge is 2.16. The number of nitrogens with one attached hydrogen (secondary N) is 2. The number of carbonyl (C=O) groups is 1. The van der Waals surface area contributed by atoms with E-state index in [2.05, 4.69) is 10.6 Å². The number of piperidine rings is 1. The van der Waals surface area contributed by atoms with Gasteiger partial charge in [0.1, 0.15) is 0 Å². The van der Waals surface area contributed by atoms with Crippen molar-refractivity contribution in [1.29, 1.82) is 0 Å². The lowest BCUT2D eigenvalue weighted by Gasteiger charge is -2.22. The molecule has 0 aromatic heterocycles. The molecule has 0 radical (unpaired) electrons. The van der Waals surface area contributed by atoms with Crippen LogP contribution >= 0.6 is 12.4 Å². The molecule has 1 fully saturated rings. The van der Waals surface area contributed by atoms with Gasteiger partial charge in [-0.25, -0.2) is 8.42 Å². The van der Waals surface area contributed by atoms with E-state index >= 15 is 0 Å². The first kappa shape index (κ1) is 22.4. The fourth-order valence-corrected chi connectivity index (χ4v) is 4.76. The predicted octanol–water partition coefficient (Wildman–Crippen LogP) is 3.80. The van der Waals surface area contributed by atoms with Crippen LogP contribution in [0.3, 0.4) is 0 Å². The second kappa shape index (κ2) is 10.6. The van der Waals surface area contributed by atoms with Gasteiger partial charge < -0.3 is 10.6 Å². The van der Waals surface area contributed by atoms with Crippen LogP contribution < -0.4 is 10.6 Å². The number of hydrogen-bond donors (Lipinski definition) is 2. The van der Waals surface area contributed by atoms with Gasteiger partial charge in [0.05, 0.1) is 10.6 Å². The number of carbonyl (C=O) groups excluding carboxylic acids is 1. The molecule has 2 aromatic rings. The zero-order valence-electron chi connectivity index (χ0n) is 15.8. The Morgan fingerprint density at radius 3 is 2.46 bits per heavy atom. The van der Waals surface area contributed by atoms with Gasteiger partial charge in [0, 0.05) is 12.1 Å². The molecule has 1 aliphatic heterocycles. The molecule has 0 bridgehead atoms. The lowest BCUT2D eigenvalue weighted by Crippen LogP contribution is -2.28. The number of anilines is 1. The minimum absolute atomic E-state index is 0. The summed E-state index contributed by atoms with van der Waals surface area (Å²) in [5.74, 6) is 0.506. The van der Waals surface area contributed by atoms with Crippen LogP contribution in [-0.2, 0) is 20.4 Å². The van der Waals surface area contributed by atoms with E-state index in [0.29, 0.717) is 28.5 Å². The normalized spacial score (nSPS) is 14.9. The maximum atomic E-state index is 12.5. The topological polar surface area (TPSA) is 75.3 Å². The lowest BCUT2D eigenvalue weighted by atomic mass is 9.93. The van der Waals surface area contributed by atoms with Crippen molar-refractivity contribution in [3.63, 3.8) is 0 Å². The van der Waals surface area contributed by atoms with Crippen molar-refractivity contribution >= 4 is 33.8 Å². The van der Waals surface area contributed by atoms with Gasteiger partial charge >= 0.3 is 0 Å². The van der Waals surface area contributed by atoms with Crippen LogP contribution in [0.15, 0.2) is 59.5 Å². The largest absolute Gasteiger partial charge is 0.326 e. The molecule has 1 heterocycles. The number of halogens is 1. The molecule has 0 unspecified atom stereocenters. The summed E-state index contributed by atoms with van der Waals surface area (Å²) in [5.41, 5.74) is 1.31. The van der Waals surface area contributed by atoms with E-state index in [0.717, 1.165) is 32.4 Å². The number of amides is 1. The van der Waals surface area contributed by atoms with E-state index in [-0.39, 0.29) is 24.1 Å². The van der Waals surface area contributed by atoms with Crippen molar-refractivity contribution in [2.24, 2.45) is 5.92 Å². The van der Waals surface area contributed by atoms with Gasteiger partial charge in [-0.05, 0) is 68.1 Å². The first-order valence-corrected chi connectivity index (χ1v) is 11.1. The van der Waals surface area contributed by atoms with Gasteiger partial charge in [-0.3, -0.25) is 4.79 Å². The summed E-state index contributed by atoms with van der Waals surface area (Å²) in [6.07, 6.45) is 3.65. The average Bonchev–Trinajstić information content (AvgIpc) is 2.68. The summed E-state index contributed by atoms with van der Waals surface area (Å²) in [7, 11) is -3.40. The zero-order chi connectivity index (χ0) is 19.1. The van der Waals surface area contributed by atoms with E-state index in [9.17, 15) is 13.2 Å². The first-order chi connectivity index (χ1) is 13.0. The van der Waals surface area contributed by atoms with Gasteiger partial charge in [0.2, 0.25) is 5.91 Å². The number of sulfone groups is 1. The third kappa shape index (κ3) is 6.62. The minimum atomic E-state index is -3.40. The van der Waals surface area contributed by atoms with Crippen LogP contribution in [0, 0.1) is 5.92 Å². The second-order valence-electron chi connectivity index (χ2n) is 7.05. The van der Waals surface area contributed by atoms with Crippen LogP contribution in [0.5, 0.6) is 0 Å². The summed E-state index contributed by atoms with van der Waals surface area (Å²) in [4.78, 5) is 12.5. The predicted molar refractivity (Wildman–Crippen MR) is 114 cm³/mol. The Kier molecular flexibility index (Phi) is 8.48. The van der Waals surface area contributed by atoms with Gasteiger partial charge in [-0.2, -0.15) is 0 Å². The minimum Gasteiger partial charge on any atom is -0.326 e. The molecule has 1 aliphatic rings. The standard InChI is InChI=1S/C21H26N2O3S.ClH/c24-21(10-9-17-11-13-22-14-12-17)23-19-6-4-5-18(15-19)16-27(25,26)20-7-2-1-3-8-20;/h1-8,15,17,22H,9-14,16H2,(H,23,24);1H. The van der Waals surface area contributed by atoms with E-state index in [4.69, 9.17) is 0 Å². The average molecular weight is 423 g/mol. The quantitative estimate of drug-likeness (QED) is 0.711. The summed E-state index contributed by atoms with van der Waals surface area (Å²) in [6, 6.07) is 15.5. The van der Waals surface area contributed by atoms with Gasteiger partial charge in [-0.1, -0.05) is 30.3 Å². The summed E-state index contributed by atoms with van der Waals surface area (Å²) < 4.78 is 25.0. The van der Waals surface area contributed by atoms with Crippen molar-refractivity contribution < 1.29 is 13.2 Å². The molecule has 0 spiro atoms. The monoisotopic (exact) mass is 422 g/mol. The van der Waals surface area contributed by atoms with Crippen LogP contribution in [0.25, 0.3) is 0 Å². The summed E-state index contributed by atoms with van der Waals surface area (Å²) in [6.45, 7) is 2.06. The van der Waals surface area contributed by atoms with Crippen molar-refractivity contribution in [1.82, 2.24) is 5.32 Å². The third-order valence-corrected chi connectivity index (χ3v) is 6.61. The number of hydrogen-bond acceptors (Lipinski definition) is 4. The summed E-state index contributed by atoms with van der Waals surface area (Å²) >= 11 is 0. The molecule has 3 rings (SSSR count). The van der Waals surface area contributed by atoms with Crippen molar-refractivity contribution in [3.05, 3.63) is 60.2 Å². The van der Waals surface area contributed by atoms with Gasteiger partial charge in [-0.15, -0.1) is 12.4 Å². The maximum absolute atomic E-state index is 12.5. The Bertz CT molecular complexity index is 866. The van der Waals surface area contributed by atoms with Crippen molar-refractivity contribution in [3.8, 4) is 0 Å². The Morgan fingerprint density at radius 2 is 1.75 bits per heavy atom. The highest BCUT2D eigenvalue weighted by atomic mass is 35.5. The molecule has 0 aliphatic carbocycles. The van der Waals surface area contributed by atoms with E-state index in [1.54, 1.807) is 54.6 Å². The molecule has 2 N–H and O–H groups in total. The smallest absolute Gasteiger partial charge is 0.224 e. The molecule has 0 atom stereocenters. The number of rotatable bonds is 7. The lowest BCUT2D eigenvalue weighted by molar-refractivity contribution is -0.116. The SMILES string of the molecule is Cl.O=C(CCC1CCNCC1)Nc1cccc(CS(=O)(=O)c2ccccc2)c1. The van der Waals surface area contributed by atoms with Gasteiger partial charge in [0.25, 0.3) is 0 Å². The Labute approximate surface area is 173 Å². The third-order valence-electron chi connectivity index (χ3n) is 4.91. The van der Waals surface area contributed by atoms with Crippen molar-refractivity contribution in [2.75, 3.05) is 18.4 Å². The van der Waals surface area contributed by atoms with Crippen LogP contribution in [0.1, 0.15) is 31.2 Å². The molecular weight excluding hydrogens is 396 g/mol. The molecular formula is C21H27ClN2O3S. The first-order valence-electron chi connectivity index (χ1n) is 9.40. The Balaban J connectivity index is 0.00000280. The zero-order valence-corrected chi connectivity index (χ0v) is 17.4. The Hall–Kier alpha value is -1.89. The fraction of sp³-hybridized carbons (Fsp3) is 0.381. The Morgan fingerprint density at radius 1 is 1.04 bits per heavy atom. The molecule has 152 valence electrons. The van der Waals surface area contributed by atoms with E-state index in [1.165, 1.54) is 0 Å². The van der Waals surface area contributed by atoms with Gasteiger partial charge in [0.15, 0.2) is 9.84 Å². The summed E-state index contributed by atoms with van der Waals surface area (Å²) in [5, 5.41) is 6.23. The van der Waals surface area contributed by atoms with E-state index in [1.807, 2.05) is 0 Å². The number of benzene rings is 2. The molecule has 0 saturated carbocycles. The fourth-order valence-electron chi connectivity index (χ4n) is 3.40. The molecule has 2 aromatic carbocycles. The molecule has 7 heteroatoms. The highest BCUT2D eigenvalue weighted by Crippen LogP contribution is 2.20. The molecule has 1 saturated heterocycles. The van der Waals surface area contributed by atoms with E-state index < -0.39 is 9.84 Å². The van der Waals surface area contributed by atoms with Crippen molar-refractivity contribution in [2.45, 2.75) is 36.3 Å². The molecule has 1 amide bonds. The van der Waals surface area contributed by atoms with Crippen LogP contribution in [0.4, 0.5) is 5.69 Å². The highest BCUT2D eigenvalue weighted by molar-refractivity contribution is 7.90.